The van der Waals surface area contributed by atoms with Crippen LogP contribution in [0.5, 0.6) is 5.75 Å². The van der Waals surface area contributed by atoms with Crippen LogP contribution in [0.25, 0.3) is 0 Å². The summed E-state index contributed by atoms with van der Waals surface area (Å²) in [5.41, 5.74) is 0.753. The number of esters is 2. The molecule has 2 rings (SSSR count). The fourth-order valence-corrected chi connectivity index (χ4v) is 2.34. The molecule has 1 aliphatic carbocycles. The van der Waals surface area contributed by atoms with E-state index in [1.54, 1.807) is 24.3 Å². The highest BCUT2D eigenvalue weighted by molar-refractivity contribution is 6.00. The van der Waals surface area contributed by atoms with Crippen molar-refractivity contribution in [3.63, 3.8) is 0 Å². The quantitative estimate of drug-likeness (QED) is 0.370. The molecule has 1 aromatic carbocycles. The van der Waals surface area contributed by atoms with Crippen molar-refractivity contribution in [1.82, 2.24) is 0 Å². The second-order valence-electron chi connectivity index (χ2n) is 5.01. The van der Waals surface area contributed by atoms with E-state index in [2.05, 4.69) is 0 Å². The first-order valence-electron chi connectivity index (χ1n) is 7.25. The summed E-state index contributed by atoms with van der Waals surface area (Å²) < 4.78 is 9.90. The molecule has 0 aliphatic heterocycles. The smallest absolute Gasteiger partial charge is 0.356 e. The minimum absolute atomic E-state index is 0.0345. The number of carbonyl (C=O) groups excluding carboxylic acids is 2. The molecule has 22 heavy (non-hydrogen) atoms. The Morgan fingerprint density at radius 3 is 2.41 bits per heavy atom. The fourth-order valence-electron chi connectivity index (χ4n) is 2.34. The van der Waals surface area contributed by atoms with Gasteiger partial charge in [-0.05, 0) is 43.4 Å². The molecule has 114 valence electrons. The molecule has 0 unspecified atom stereocenters. The first kappa shape index (κ1) is 15.8. The van der Waals surface area contributed by atoms with Crippen molar-refractivity contribution in [3.05, 3.63) is 41.5 Å². The second-order valence-corrected chi connectivity index (χ2v) is 5.01. The van der Waals surface area contributed by atoms with Crippen LogP contribution in [-0.2, 0) is 14.3 Å². The number of allylic oxidation sites excluding steroid dienone is 1. The normalized spacial score (nSPS) is 13.9. The highest BCUT2D eigenvalue weighted by Gasteiger charge is 2.21. The van der Waals surface area contributed by atoms with E-state index in [0.717, 1.165) is 24.8 Å². The van der Waals surface area contributed by atoms with E-state index < -0.39 is 11.9 Å². The summed E-state index contributed by atoms with van der Waals surface area (Å²) in [6, 6.07) is 10.6. The maximum absolute atomic E-state index is 11.9. The third-order valence-corrected chi connectivity index (χ3v) is 3.43. The van der Waals surface area contributed by atoms with Crippen molar-refractivity contribution in [3.8, 4) is 11.8 Å². The zero-order valence-electron chi connectivity index (χ0n) is 12.2. The van der Waals surface area contributed by atoms with E-state index in [-0.39, 0.29) is 12.2 Å². The molecule has 0 amide bonds. The van der Waals surface area contributed by atoms with Crippen LogP contribution >= 0.6 is 0 Å². The van der Waals surface area contributed by atoms with E-state index >= 15 is 0 Å². The van der Waals surface area contributed by atoms with Gasteiger partial charge in [-0.1, -0.05) is 24.6 Å². The molecule has 0 radical (unpaired) electrons. The van der Waals surface area contributed by atoms with Crippen LogP contribution in [0.2, 0.25) is 0 Å². The monoisotopic (exact) mass is 299 g/mol. The standard InChI is InChI=1S/C17H17NO4/c18-11-15(13-7-3-1-4-8-13)17(20)22-16(19)12-21-14-9-5-2-6-10-14/h2,5-6,9-10H,1,3-4,7-8,12H2. The summed E-state index contributed by atoms with van der Waals surface area (Å²) in [5, 5.41) is 9.12. The average Bonchev–Trinajstić information content (AvgIpc) is 2.55. The van der Waals surface area contributed by atoms with Crippen LogP contribution in [0.1, 0.15) is 32.1 Å². The number of hydrogen-bond donors (Lipinski definition) is 0. The molecule has 0 heterocycles. The van der Waals surface area contributed by atoms with Crippen molar-refractivity contribution in [2.45, 2.75) is 32.1 Å². The summed E-state index contributed by atoms with van der Waals surface area (Å²) in [4.78, 5) is 23.5. The SMILES string of the molecule is N#CC(C(=O)OC(=O)COc1ccccc1)=C1CCCCC1. The number of carbonyl (C=O) groups is 2. The maximum Gasteiger partial charge on any atom is 0.356 e. The molecular formula is C17H17NO4. The largest absolute Gasteiger partial charge is 0.482 e. The van der Waals surface area contributed by atoms with Crippen molar-refractivity contribution in [2.75, 3.05) is 6.61 Å². The Morgan fingerprint density at radius 1 is 1.09 bits per heavy atom. The lowest BCUT2D eigenvalue weighted by Crippen LogP contribution is -2.21. The predicted octanol–water partition coefficient (Wildman–Crippen LogP) is 2.92. The first-order chi connectivity index (χ1) is 10.7. The van der Waals surface area contributed by atoms with Crippen LogP contribution in [-0.4, -0.2) is 18.5 Å². The van der Waals surface area contributed by atoms with Crippen LogP contribution in [0.15, 0.2) is 41.5 Å². The van der Waals surface area contributed by atoms with Gasteiger partial charge in [0.25, 0.3) is 0 Å². The van der Waals surface area contributed by atoms with Crippen molar-refractivity contribution < 1.29 is 19.1 Å². The number of benzene rings is 1. The zero-order chi connectivity index (χ0) is 15.8. The van der Waals surface area contributed by atoms with E-state index in [1.807, 2.05) is 12.1 Å². The molecule has 0 aromatic heterocycles. The predicted molar refractivity (Wildman–Crippen MR) is 78.8 cm³/mol. The number of rotatable bonds is 4. The Labute approximate surface area is 129 Å². The van der Waals surface area contributed by atoms with Crippen LogP contribution in [0.3, 0.4) is 0 Å². The van der Waals surface area contributed by atoms with Gasteiger partial charge in [0.05, 0.1) is 0 Å². The first-order valence-corrected chi connectivity index (χ1v) is 7.25. The lowest BCUT2D eigenvalue weighted by atomic mass is 9.91. The van der Waals surface area contributed by atoms with Gasteiger partial charge in [-0.2, -0.15) is 5.26 Å². The van der Waals surface area contributed by atoms with E-state index in [1.165, 1.54) is 0 Å². The molecule has 1 saturated carbocycles. The molecule has 5 nitrogen and oxygen atoms in total. The van der Waals surface area contributed by atoms with Crippen LogP contribution < -0.4 is 4.74 Å². The molecule has 0 N–H and O–H groups in total. The highest BCUT2D eigenvalue weighted by atomic mass is 16.6. The fraction of sp³-hybridized carbons (Fsp3) is 0.353. The molecule has 0 spiro atoms. The third kappa shape index (κ3) is 4.45. The van der Waals surface area contributed by atoms with Crippen LogP contribution in [0.4, 0.5) is 0 Å². The van der Waals surface area contributed by atoms with E-state index in [9.17, 15) is 9.59 Å². The Balaban J connectivity index is 1.90. The molecule has 0 atom stereocenters. The summed E-state index contributed by atoms with van der Waals surface area (Å²) in [6.07, 6.45) is 4.44. The summed E-state index contributed by atoms with van der Waals surface area (Å²) in [5.74, 6) is -1.17. The van der Waals surface area contributed by atoms with Gasteiger partial charge < -0.3 is 9.47 Å². The molecular weight excluding hydrogens is 282 g/mol. The number of nitrogens with zero attached hydrogens (tertiary/aromatic N) is 1. The molecule has 5 heteroatoms. The Kier molecular flexibility index (Phi) is 5.73. The van der Waals surface area contributed by atoms with E-state index in [0.29, 0.717) is 18.6 Å². The van der Waals surface area contributed by atoms with Gasteiger partial charge in [0.2, 0.25) is 0 Å². The van der Waals surface area contributed by atoms with Gasteiger partial charge in [-0.25, -0.2) is 9.59 Å². The number of hydrogen-bond acceptors (Lipinski definition) is 5. The molecule has 1 aliphatic rings. The lowest BCUT2D eigenvalue weighted by molar-refractivity contribution is -0.158. The van der Waals surface area contributed by atoms with Crippen molar-refractivity contribution in [2.24, 2.45) is 0 Å². The van der Waals surface area contributed by atoms with Gasteiger partial charge in [-0.15, -0.1) is 0 Å². The van der Waals surface area contributed by atoms with Crippen LogP contribution in [0, 0.1) is 11.3 Å². The molecule has 0 bridgehead atoms. The summed E-state index contributed by atoms with van der Waals surface area (Å²) in [7, 11) is 0. The maximum atomic E-state index is 11.9. The topological polar surface area (TPSA) is 76.4 Å². The van der Waals surface area contributed by atoms with Gasteiger partial charge in [-0.3, -0.25) is 0 Å². The van der Waals surface area contributed by atoms with Gasteiger partial charge in [0.1, 0.15) is 17.4 Å². The zero-order valence-corrected chi connectivity index (χ0v) is 12.2. The summed E-state index contributed by atoms with van der Waals surface area (Å²) >= 11 is 0. The Morgan fingerprint density at radius 2 is 1.77 bits per heavy atom. The van der Waals surface area contributed by atoms with Gasteiger partial charge >= 0.3 is 11.9 Å². The summed E-state index contributed by atoms with van der Waals surface area (Å²) in [6.45, 7) is -0.371. The number of nitriles is 1. The third-order valence-electron chi connectivity index (χ3n) is 3.43. The van der Waals surface area contributed by atoms with E-state index in [4.69, 9.17) is 14.7 Å². The number of ether oxygens (including phenoxy) is 2. The van der Waals surface area contributed by atoms with Gasteiger partial charge in [0.15, 0.2) is 6.61 Å². The Hall–Kier alpha value is -2.61. The lowest BCUT2D eigenvalue weighted by Gasteiger charge is -2.14. The molecule has 1 aromatic rings. The Bertz CT molecular complexity index is 605. The second kappa shape index (κ2) is 7.99. The number of para-hydroxylation sites is 1. The van der Waals surface area contributed by atoms with Crippen molar-refractivity contribution in [1.29, 1.82) is 5.26 Å². The minimum Gasteiger partial charge on any atom is -0.482 e. The average molecular weight is 299 g/mol. The highest BCUT2D eigenvalue weighted by Crippen LogP contribution is 2.26. The molecule has 0 saturated heterocycles. The van der Waals surface area contributed by atoms with Gasteiger partial charge in [0, 0.05) is 0 Å². The molecule has 1 fully saturated rings. The van der Waals surface area contributed by atoms with Crippen molar-refractivity contribution >= 4 is 11.9 Å². The minimum atomic E-state index is -0.874.